The Bertz CT molecular complexity index is 381. The molecule has 0 atom stereocenters. The van der Waals surface area contributed by atoms with Crippen LogP contribution in [0.1, 0.15) is 5.56 Å². The summed E-state index contributed by atoms with van der Waals surface area (Å²) in [6.07, 6.45) is 0.622. The number of carbonyl (C=O) groups is 2. The van der Waals surface area contributed by atoms with Crippen molar-refractivity contribution in [1.29, 1.82) is 0 Å². The number of aliphatic carboxylic acids is 1. The molecule has 1 amide bonds. The molecule has 1 aromatic rings. The van der Waals surface area contributed by atoms with E-state index in [1.54, 1.807) is 0 Å². The molecule has 0 saturated heterocycles. The van der Waals surface area contributed by atoms with E-state index in [9.17, 15) is 9.59 Å². The van der Waals surface area contributed by atoms with Crippen molar-refractivity contribution in [2.24, 2.45) is 0 Å². The minimum atomic E-state index is -1.03. The molecule has 0 bridgehead atoms. The first-order chi connectivity index (χ1) is 8.13. The zero-order chi connectivity index (χ0) is 12.7. The smallest absolute Gasteiger partial charge is 0.323 e. The number of carboxylic acid groups (broad SMARTS) is 1. The summed E-state index contributed by atoms with van der Waals surface area (Å²) in [5.74, 6) is -1.58. The molecule has 0 saturated carbocycles. The maximum absolute atomic E-state index is 11.4. The molecule has 1 N–H and O–H groups in total. The number of nitrogens with zero attached hydrogens (tertiary/aromatic N) is 1. The fourth-order valence-corrected chi connectivity index (χ4v) is 1.62. The lowest BCUT2D eigenvalue weighted by Gasteiger charge is -2.19. The van der Waals surface area contributed by atoms with Crippen LogP contribution in [0.4, 0.5) is 0 Å². The molecule has 4 nitrogen and oxygen atoms in total. The highest BCUT2D eigenvalue weighted by atomic mass is 35.5. The minimum absolute atomic E-state index is 0.192. The Kier molecular flexibility index (Phi) is 5.49. The molecular weight excluding hydrogens is 242 g/mol. The number of alkyl halides is 1. The van der Waals surface area contributed by atoms with Gasteiger partial charge in [0.25, 0.3) is 0 Å². The standard InChI is InChI=1S/C12H14ClNO3/c13-8-11(15)14(9-12(16)17)7-6-10-4-2-1-3-5-10/h1-5H,6-9H2,(H,16,17). The molecule has 0 unspecified atom stereocenters. The average molecular weight is 256 g/mol. The third-order valence-corrected chi connectivity index (χ3v) is 2.53. The zero-order valence-corrected chi connectivity index (χ0v) is 10.1. The van der Waals surface area contributed by atoms with E-state index in [1.165, 1.54) is 4.90 Å². The first kappa shape index (κ1) is 13.5. The van der Waals surface area contributed by atoms with E-state index in [-0.39, 0.29) is 18.3 Å². The Hall–Kier alpha value is -1.55. The second-order valence-corrected chi connectivity index (χ2v) is 3.85. The van der Waals surface area contributed by atoms with Crippen LogP contribution < -0.4 is 0 Å². The van der Waals surface area contributed by atoms with Gasteiger partial charge in [-0.25, -0.2) is 0 Å². The molecule has 1 aromatic carbocycles. The van der Waals surface area contributed by atoms with Crippen molar-refractivity contribution in [3.63, 3.8) is 0 Å². The third kappa shape index (κ3) is 4.87. The van der Waals surface area contributed by atoms with E-state index in [0.717, 1.165) is 5.56 Å². The van der Waals surface area contributed by atoms with Crippen LogP contribution in [0.5, 0.6) is 0 Å². The maximum Gasteiger partial charge on any atom is 0.323 e. The number of hydrogen-bond acceptors (Lipinski definition) is 2. The van der Waals surface area contributed by atoms with Crippen molar-refractivity contribution in [1.82, 2.24) is 4.90 Å². The van der Waals surface area contributed by atoms with Crippen LogP contribution in [0, 0.1) is 0 Å². The first-order valence-electron chi connectivity index (χ1n) is 5.23. The minimum Gasteiger partial charge on any atom is -0.480 e. The lowest BCUT2D eigenvalue weighted by molar-refractivity contribution is -0.143. The monoisotopic (exact) mass is 255 g/mol. The predicted octanol–water partition coefficient (Wildman–Crippen LogP) is 1.38. The number of carboxylic acids is 1. The van der Waals surface area contributed by atoms with Gasteiger partial charge in [0.15, 0.2) is 0 Å². The Labute approximate surface area is 105 Å². The van der Waals surface area contributed by atoms with Crippen LogP contribution >= 0.6 is 11.6 Å². The fraction of sp³-hybridized carbons (Fsp3) is 0.333. The molecule has 0 spiro atoms. The summed E-state index contributed by atoms with van der Waals surface area (Å²) in [5.41, 5.74) is 1.06. The quantitative estimate of drug-likeness (QED) is 0.782. The van der Waals surface area contributed by atoms with Gasteiger partial charge in [-0.1, -0.05) is 30.3 Å². The maximum atomic E-state index is 11.4. The van der Waals surface area contributed by atoms with Gasteiger partial charge in [0.2, 0.25) is 5.91 Å². The van der Waals surface area contributed by atoms with E-state index >= 15 is 0 Å². The summed E-state index contributed by atoms with van der Waals surface area (Å²) in [7, 11) is 0. The highest BCUT2D eigenvalue weighted by Crippen LogP contribution is 2.02. The molecule has 0 fully saturated rings. The molecular formula is C12H14ClNO3. The summed E-state index contributed by atoms with van der Waals surface area (Å²) in [5, 5.41) is 8.69. The third-order valence-electron chi connectivity index (χ3n) is 2.31. The number of hydrogen-bond donors (Lipinski definition) is 1. The topological polar surface area (TPSA) is 57.6 Å². The van der Waals surface area contributed by atoms with E-state index < -0.39 is 5.97 Å². The molecule has 0 aliphatic rings. The summed E-state index contributed by atoms with van der Waals surface area (Å²) in [4.78, 5) is 23.3. The molecule has 0 aliphatic heterocycles. The summed E-state index contributed by atoms with van der Waals surface area (Å²) < 4.78 is 0. The van der Waals surface area contributed by atoms with Gasteiger partial charge >= 0.3 is 5.97 Å². The molecule has 0 radical (unpaired) electrons. The second kappa shape index (κ2) is 6.91. The lowest BCUT2D eigenvalue weighted by atomic mass is 10.1. The SMILES string of the molecule is O=C(O)CN(CCc1ccccc1)C(=O)CCl. The van der Waals surface area contributed by atoms with E-state index in [2.05, 4.69) is 0 Å². The normalized spacial score (nSPS) is 9.94. The van der Waals surface area contributed by atoms with Crippen molar-refractivity contribution in [2.75, 3.05) is 19.0 Å². The number of benzene rings is 1. The molecule has 0 aliphatic carbocycles. The number of carbonyl (C=O) groups excluding carboxylic acids is 1. The summed E-state index contributed by atoms with van der Waals surface area (Å²) in [6.45, 7) is 0.0558. The molecule has 17 heavy (non-hydrogen) atoms. The van der Waals surface area contributed by atoms with Gasteiger partial charge in [-0.2, -0.15) is 0 Å². The van der Waals surface area contributed by atoms with Crippen LogP contribution in [0.25, 0.3) is 0 Å². The van der Waals surface area contributed by atoms with Crippen molar-refractivity contribution < 1.29 is 14.7 Å². The highest BCUT2D eigenvalue weighted by molar-refractivity contribution is 6.27. The Balaban J connectivity index is 2.55. The average Bonchev–Trinajstić information content (AvgIpc) is 2.34. The Morgan fingerprint density at radius 1 is 1.24 bits per heavy atom. The number of amides is 1. The summed E-state index contributed by atoms with van der Waals surface area (Å²) >= 11 is 5.43. The molecule has 1 rings (SSSR count). The van der Waals surface area contributed by atoms with Crippen molar-refractivity contribution in [3.05, 3.63) is 35.9 Å². The van der Waals surface area contributed by atoms with Gasteiger partial charge in [-0.3, -0.25) is 9.59 Å². The predicted molar refractivity (Wildman–Crippen MR) is 65.1 cm³/mol. The second-order valence-electron chi connectivity index (χ2n) is 3.58. The van der Waals surface area contributed by atoms with Gasteiger partial charge in [-0.15, -0.1) is 11.6 Å². The van der Waals surface area contributed by atoms with E-state index in [4.69, 9.17) is 16.7 Å². The van der Waals surface area contributed by atoms with Crippen LogP contribution in [0.15, 0.2) is 30.3 Å². The van der Waals surface area contributed by atoms with Crippen LogP contribution in [-0.2, 0) is 16.0 Å². The van der Waals surface area contributed by atoms with Crippen molar-refractivity contribution >= 4 is 23.5 Å². The molecule has 0 aromatic heterocycles. The number of halogens is 1. The van der Waals surface area contributed by atoms with E-state index in [0.29, 0.717) is 13.0 Å². The fourth-order valence-electron chi connectivity index (χ4n) is 1.45. The van der Waals surface area contributed by atoms with Gasteiger partial charge in [-0.05, 0) is 12.0 Å². The van der Waals surface area contributed by atoms with Crippen molar-refractivity contribution in [2.45, 2.75) is 6.42 Å². The lowest BCUT2D eigenvalue weighted by Crippen LogP contribution is -2.37. The van der Waals surface area contributed by atoms with Gasteiger partial charge < -0.3 is 10.0 Å². The van der Waals surface area contributed by atoms with Gasteiger partial charge in [0, 0.05) is 6.54 Å². The largest absolute Gasteiger partial charge is 0.480 e. The van der Waals surface area contributed by atoms with Gasteiger partial charge in [0.05, 0.1) is 0 Å². The number of rotatable bonds is 6. The van der Waals surface area contributed by atoms with Crippen LogP contribution in [0.2, 0.25) is 0 Å². The molecule has 92 valence electrons. The van der Waals surface area contributed by atoms with E-state index in [1.807, 2.05) is 30.3 Å². The molecule has 5 heteroatoms. The molecule has 0 heterocycles. The van der Waals surface area contributed by atoms with Crippen LogP contribution in [0.3, 0.4) is 0 Å². The zero-order valence-electron chi connectivity index (χ0n) is 9.30. The van der Waals surface area contributed by atoms with Crippen molar-refractivity contribution in [3.8, 4) is 0 Å². The Morgan fingerprint density at radius 3 is 2.41 bits per heavy atom. The summed E-state index contributed by atoms with van der Waals surface area (Å²) in [6, 6.07) is 9.58. The van der Waals surface area contributed by atoms with Crippen LogP contribution in [-0.4, -0.2) is 40.9 Å². The highest BCUT2D eigenvalue weighted by Gasteiger charge is 2.15. The Morgan fingerprint density at radius 2 is 1.88 bits per heavy atom. The van der Waals surface area contributed by atoms with Gasteiger partial charge in [0.1, 0.15) is 12.4 Å². The first-order valence-corrected chi connectivity index (χ1v) is 5.76.